The van der Waals surface area contributed by atoms with Crippen molar-refractivity contribution in [3.8, 4) is 0 Å². The molecule has 1 aliphatic heterocycles. The molecule has 1 atom stereocenters. The zero-order valence-corrected chi connectivity index (χ0v) is 13.8. The van der Waals surface area contributed by atoms with Gasteiger partial charge < -0.3 is 0 Å². The highest BCUT2D eigenvalue weighted by molar-refractivity contribution is 7.18. The SMILES string of the molecule is Clc1cccc(CN2CCC(c3nc4ccccc4s3)C2)c1. The minimum atomic E-state index is 0.566. The van der Waals surface area contributed by atoms with Gasteiger partial charge in [-0.25, -0.2) is 4.98 Å². The molecule has 0 spiro atoms. The number of thiazole rings is 1. The molecule has 4 rings (SSSR count). The van der Waals surface area contributed by atoms with Gasteiger partial charge in [-0.3, -0.25) is 4.90 Å². The molecule has 3 aromatic rings. The van der Waals surface area contributed by atoms with E-state index in [4.69, 9.17) is 16.6 Å². The minimum Gasteiger partial charge on any atom is -0.298 e. The van der Waals surface area contributed by atoms with Crippen LogP contribution < -0.4 is 0 Å². The normalized spacial score (nSPS) is 19.0. The number of halogens is 1. The molecule has 1 aromatic heterocycles. The van der Waals surface area contributed by atoms with Crippen molar-refractivity contribution in [2.75, 3.05) is 13.1 Å². The molecule has 0 radical (unpaired) electrons. The summed E-state index contributed by atoms with van der Waals surface area (Å²) in [7, 11) is 0. The molecule has 22 heavy (non-hydrogen) atoms. The van der Waals surface area contributed by atoms with Crippen LogP contribution in [0.1, 0.15) is 22.9 Å². The number of hydrogen-bond donors (Lipinski definition) is 0. The predicted octanol–water partition coefficient (Wildman–Crippen LogP) is 4.94. The van der Waals surface area contributed by atoms with E-state index < -0.39 is 0 Å². The van der Waals surface area contributed by atoms with Crippen molar-refractivity contribution in [1.29, 1.82) is 0 Å². The Morgan fingerprint density at radius 1 is 1.18 bits per heavy atom. The quantitative estimate of drug-likeness (QED) is 0.677. The minimum absolute atomic E-state index is 0.566. The number of aromatic nitrogens is 1. The van der Waals surface area contributed by atoms with E-state index in [1.54, 1.807) is 0 Å². The van der Waals surface area contributed by atoms with Crippen molar-refractivity contribution in [3.05, 3.63) is 64.1 Å². The van der Waals surface area contributed by atoms with Gasteiger partial charge >= 0.3 is 0 Å². The Labute approximate surface area is 139 Å². The van der Waals surface area contributed by atoms with Crippen LogP contribution in [-0.2, 0) is 6.54 Å². The second-order valence-corrected chi connectivity index (χ2v) is 7.37. The smallest absolute Gasteiger partial charge is 0.0982 e. The number of likely N-dealkylation sites (tertiary alicyclic amines) is 1. The van der Waals surface area contributed by atoms with Crippen LogP contribution in [0.25, 0.3) is 10.2 Å². The maximum absolute atomic E-state index is 6.07. The number of nitrogens with zero attached hydrogens (tertiary/aromatic N) is 2. The Balaban J connectivity index is 1.47. The van der Waals surface area contributed by atoms with Crippen LogP contribution in [0.2, 0.25) is 5.02 Å². The summed E-state index contributed by atoms with van der Waals surface area (Å²) in [4.78, 5) is 7.32. The average molecular weight is 329 g/mol. The lowest BCUT2D eigenvalue weighted by molar-refractivity contribution is 0.327. The van der Waals surface area contributed by atoms with Crippen LogP contribution in [0.4, 0.5) is 0 Å². The highest BCUT2D eigenvalue weighted by Crippen LogP contribution is 2.33. The maximum atomic E-state index is 6.07. The van der Waals surface area contributed by atoms with Gasteiger partial charge in [-0.1, -0.05) is 35.9 Å². The Morgan fingerprint density at radius 2 is 2.09 bits per heavy atom. The number of rotatable bonds is 3. The Kier molecular flexibility index (Phi) is 3.87. The summed E-state index contributed by atoms with van der Waals surface area (Å²) < 4.78 is 1.30. The van der Waals surface area contributed by atoms with Gasteiger partial charge in [0.15, 0.2) is 0 Å². The summed E-state index contributed by atoms with van der Waals surface area (Å²) in [5, 5.41) is 2.11. The van der Waals surface area contributed by atoms with Gasteiger partial charge in [0.05, 0.1) is 15.2 Å². The van der Waals surface area contributed by atoms with Gasteiger partial charge in [0.2, 0.25) is 0 Å². The van der Waals surface area contributed by atoms with E-state index in [9.17, 15) is 0 Å². The zero-order chi connectivity index (χ0) is 14.9. The van der Waals surface area contributed by atoms with Gasteiger partial charge in [0, 0.05) is 24.0 Å². The van der Waals surface area contributed by atoms with Crippen molar-refractivity contribution in [2.24, 2.45) is 0 Å². The summed E-state index contributed by atoms with van der Waals surface area (Å²) in [6, 6.07) is 16.6. The monoisotopic (exact) mass is 328 g/mol. The second-order valence-electron chi connectivity index (χ2n) is 5.87. The van der Waals surface area contributed by atoms with Crippen LogP contribution in [0.5, 0.6) is 0 Å². The second kappa shape index (κ2) is 5.99. The molecule has 2 nitrogen and oxygen atoms in total. The molecular formula is C18H17ClN2S. The van der Waals surface area contributed by atoms with Gasteiger partial charge in [0.1, 0.15) is 0 Å². The Hall–Kier alpha value is -1.42. The molecular weight excluding hydrogens is 312 g/mol. The molecule has 112 valence electrons. The first kappa shape index (κ1) is 14.2. The van der Waals surface area contributed by atoms with Crippen molar-refractivity contribution < 1.29 is 0 Å². The van der Waals surface area contributed by atoms with Crippen molar-refractivity contribution in [1.82, 2.24) is 9.88 Å². The first-order valence-electron chi connectivity index (χ1n) is 7.60. The van der Waals surface area contributed by atoms with Crippen molar-refractivity contribution in [2.45, 2.75) is 18.9 Å². The molecule has 1 fully saturated rings. The summed E-state index contributed by atoms with van der Waals surface area (Å²) in [6.45, 7) is 3.20. The molecule has 2 heterocycles. The van der Waals surface area contributed by atoms with Crippen molar-refractivity contribution >= 4 is 33.2 Å². The Bertz CT molecular complexity index is 765. The fraction of sp³-hybridized carbons (Fsp3) is 0.278. The van der Waals surface area contributed by atoms with Crippen LogP contribution in [-0.4, -0.2) is 23.0 Å². The highest BCUT2D eigenvalue weighted by Gasteiger charge is 2.26. The van der Waals surface area contributed by atoms with Crippen LogP contribution in [0.15, 0.2) is 48.5 Å². The number of para-hydroxylation sites is 1. The number of hydrogen-bond acceptors (Lipinski definition) is 3. The average Bonchev–Trinajstić information content (AvgIpc) is 3.13. The lowest BCUT2D eigenvalue weighted by Crippen LogP contribution is -2.19. The molecule has 0 amide bonds. The van der Waals surface area contributed by atoms with Gasteiger partial charge in [-0.05, 0) is 42.8 Å². The largest absolute Gasteiger partial charge is 0.298 e. The van der Waals surface area contributed by atoms with E-state index in [2.05, 4.69) is 41.3 Å². The molecule has 1 unspecified atom stereocenters. The van der Waals surface area contributed by atoms with E-state index in [1.165, 1.54) is 21.7 Å². The molecule has 4 heteroatoms. The zero-order valence-electron chi connectivity index (χ0n) is 12.2. The molecule has 0 bridgehead atoms. The standard InChI is InChI=1S/C18H17ClN2S/c19-15-5-3-4-13(10-15)11-21-9-8-14(12-21)18-20-16-6-1-2-7-17(16)22-18/h1-7,10,14H,8-9,11-12H2. The first-order valence-corrected chi connectivity index (χ1v) is 8.80. The predicted molar refractivity (Wildman–Crippen MR) is 93.7 cm³/mol. The van der Waals surface area contributed by atoms with E-state index in [0.717, 1.165) is 30.2 Å². The van der Waals surface area contributed by atoms with E-state index >= 15 is 0 Å². The summed E-state index contributed by atoms with van der Waals surface area (Å²) >= 11 is 7.92. The van der Waals surface area contributed by atoms with Crippen LogP contribution in [0, 0.1) is 0 Å². The Morgan fingerprint density at radius 3 is 2.95 bits per heavy atom. The third-order valence-electron chi connectivity index (χ3n) is 4.23. The van der Waals surface area contributed by atoms with Gasteiger partial charge in [-0.15, -0.1) is 11.3 Å². The lowest BCUT2D eigenvalue weighted by atomic mass is 10.1. The molecule has 1 aliphatic rings. The number of fused-ring (bicyclic) bond motifs is 1. The van der Waals surface area contributed by atoms with Gasteiger partial charge in [0.25, 0.3) is 0 Å². The third-order valence-corrected chi connectivity index (χ3v) is 5.66. The third kappa shape index (κ3) is 2.89. The van der Waals surface area contributed by atoms with Crippen LogP contribution >= 0.6 is 22.9 Å². The van der Waals surface area contributed by atoms with Crippen molar-refractivity contribution in [3.63, 3.8) is 0 Å². The molecule has 0 N–H and O–H groups in total. The molecule has 2 aromatic carbocycles. The summed E-state index contributed by atoms with van der Waals surface area (Å²) in [6.07, 6.45) is 1.19. The number of benzene rings is 2. The molecule has 1 saturated heterocycles. The van der Waals surface area contributed by atoms with E-state index in [-0.39, 0.29) is 0 Å². The van der Waals surface area contributed by atoms with E-state index in [0.29, 0.717) is 5.92 Å². The maximum Gasteiger partial charge on any atom is 0.0982 e. The fourth-order valence-electron chi connectivity index (χ4n) is 3.14. The highest BCUT2D eigenvalue weighted by atomic mass is 35.5. The molecule has 0 aliphatic carbocycles. The first-order chi connectivity index (χ1) is 10.8. The summed E-state index contributed by atoms with van der Waals surface area (Å²) in [5.41, 5.74) is 2.42. The van der Waals surface area contributed by atoms with Gasteiger partial charge in [-0.2, -0.15) is 0 Å². The van der Waals surface area contributed by atoms with Crippen LogP contribution in [0.3, 0.4) is 0 Å². The topological polar surface area (TPSA) is 16.1 Å². The fourth-order valence-corrected chi connectivity index (χ4v) is 4.44. The summed E-state index contributed by atoms with van der Waals surface area (Å²) in [5.74, 6) is 0.566. The van der Waals surface area contributed by atoms with E-state index in [1.807, 2.05) is 23.5 Å². The lowest BCUT2D eigenvalue weighted by Gasteiger charge is -2.15. The molecule has 0 saturated carbocycles.